The monoisotopic (exact) mass is 187 g/mol. The Balaban J connectivity index is 3.67. The molecule has 0 spiro atoms. The summed E-state index contributed by atoms with van der Waals surface area (Å²) < 4.78 is 0. The molecule has 0 aromatic carbocycles. The maximum atomic E-state index is 8.75. The fourth-order valence-corrected chi connectivity index (χ4v) is 1.33. The molecular formula is C11H25NO. The van der Waals surface area contributed by atoms with Crippen molar-refractivity contribution < 1.29 is 5.11 Å². The average molecular weight is 187 g/mol. The van der Waals surface area contributed by atoms with Gasteiger partial charge in [0.2, 0.25) is 0 Å². The van der Waals surface area contributed by atoms with Crippen LogP contribution in [0, 0.1) is 5.92 Å². The van der Waals surface area contributed by atoms with E-state index in [0.29, 0.717) is 12.6 Å². The van der Waals surface area contributed by atoms with E-state index >= 15 is 0 Å². The van der Waals surface area contributed by atoms with Gasteiger partial charge in [0.25, 0.3) is 0 Å². The van der Waals surface area contributed by atoms with E-state index in [9.17, 15) is 0 Å². The summed E-state index contributed by atoms with van der Waals surface area (Å²) in [5, 5.41) is 8.75. The van der Waals surface area contributed by atoms with Gasteiger partial charge in [-0.15, -0.1) is 0 Å². The maximum absolute atomic E-state index is 8.75. The van der Waals surface area contributed by atoms with Crippen molar-refractivity contribution in [1.29, 1.82) is 0 Å². The summed E-state index contributed by atoms with van der Waals surface area (Å²) in [6.45, 7) is 11.5. The lowest BCUT2D eigenvalue weighted by Gasteiger charge is -2.26. The van der Waals surface area contributed by atoms with Crippen LogP contribution in [0.15, 0.2) is 0 Å². The molecule has 0 aliphatic heterocycles. The predicted octanol–water partition coefficient (Wildman–Crippen LogP) is 2.13. The van der Waals surface area contributed by atoms with Crippen LogP contribution in [-0.2, 0) is 0 Å². The smallest absolute Gasteiger partial charge is 0.0443 e. The Bertz CT molecular complexity index is 113. The van der Waals surface area contributed by atoms with Crippen LogP contribution < -0.4 is 0 Å². The summed E-state index contributed by atoms with van der Waals surface area (Å²) in [6, 6.07) is 0.602. The highest BCUT2D eigenvalue weighted by molar-refractivity contribution is 4.63. The molecule has 1 N–H and O–H groups in total. The molecule has 0 amide bonds. The van der Waals surface area contributed by atoms with Gasteiger partial charge in [-0.25, -0.2) is 0 Å². The first-order valence-corrected chi connectivity index (χ1v) is 5.42. The van der Waals surface area contributed by atoms with E-state index in [4.69, 9.17) is 5.11 Å². The van der Waals surface area contributed by atoms with Gasteiger partial charge >= 0.3 is 0 Å². The Morgan fingerprint density at radius 2 is 1.69 bits per heavy atom. The molecule has 0 aromatic rings. The van der Waals surface area contributed by atoms with Crippen LogP contribution in [0.2, 0.25) is 0 Å². The van der Waals surface area contributed by atoms with E-state index in [1.807, 2.05) is 0 Å². The molecule has 0 bridgehead atoms. The number of nitrogens with zero attached hydrogens (tertiary/aromatic N) is 1. The molecule has 0 aliphatic rings. The molecule has 13 heavy (non-hydrogen) atoms. The van der Waals surface area contributed by atoms with Crippen molar-refractivity contribution >= 4 is 0 Å². The Morgan fingerprint density at radius 1 is 1.08 bits per heavy atom. The second-order valence-electron chi connectivity index (χ2n) is 4.39. The maximum Gasteiger partial charge on any atom is 0.0443 e. The Kier molecular flexibility index (Phi) is 7.29. The van der Waals surface area contributed by atoms with Crippen molar-refractivity contribution in [1.82, 2.24) is 4.90 Å². The lowest BCUT2D eigenvalue weighted by Crippen LogP contribution is -2.33. The summed E-state index contributed by atoms with van der Waals surface area (Å²) in [7, 11) is 0. The van der Waals surface area contributed by atoms with Gasteiger partial charge in [0.15, 0.2) is 0 Å². The SMILES string of the molecule is CC(C)CCN(CCCO)C(C)C. The predicted molar refractivity (Wildman–Crippen MR) is 57.9 cm³/mol. The third-order valence-corrected chi connectivity index (χ3v) is 2.33. The van der Waals surface area contributed by atoms with Gasteiger partial charge in [0, 0.05) is 19.2 Å². The van der Waals surface area contributed by atoms with Gasteiger partial charge in [-0.2, -0.15) is 0 Å². The van der Waals surface area contributed by atoms with Crippen LogP contribution in [0.4, 0.5) is 0 Å². The highest BCUT2D eigenvalue weighted by Gasteiger charge is 2.08. The van der Waals surface area contributed by atoms with Gasteiger partial charge in [-0.05, 0) is 39.2 Å². The largest absolute Gasteiger partial charge is 0.396 e. The third kappa shape index (κ3) is 7.03. The fraction of sp³-hybridized carbons (Fsp3) is 1.00. The molecule has 0 aromatic heterocycles. The van der Waals surface area contributed by atoms with E-state index in [-0.39, 0.29) is 0 Å². The van der Waals surface area contributed by atoms with Gasteiger partial charge in [-0.3, -0.25) is 0 Å². The van der Waals surface area contributed by atoms with Crippen LogP contribution in [0.1, 0.15) is 40.5 Å². The minimum absolute atomic E-state index is 0.310. The zero-order valence-corrected chi connectivity index (χ0v) is 9.58. The molecule has 80 valence electrons. The summed E-state index contributed by atoms with van der Waals surface area (Å²) in [4.78, 5) is 2.44. The van der Waals surface area contributed by atoms with E-state index < -0.39 is 0 Å². The molecular weight excluding hydrogens is 162 g/mol. The van der Waals surface area contributed by atoms with Crippen LogP contribution in [-0.4, -0.2) is 35.7 Å². The molecule has 0 aliphatic carbocycles. The molecule has 0 fully saturated rings. The Hall–Kier alpha value is -0.0800. The van der Waals surface area contributed by atoms with Crippen LogP contribution in [0.25, 0.3) is 0 Å². The van der Waals surface area contributed by atoms with E-state index in [0.717, 1.165) is 25.4 Å². The average Bonchev–Trinajstić information content (AvgIpc) is 2.03. The zero-order valence-electron chi connectivity index (χ0n) is 9.58. The highest BCUT2D eigenvalue weighted by Crippen LogP contribution is 2.06. The molecule has 0 saturated carbocycles. The molecule has 0 heterocycles. The van der Waals surface area contributed by atoms with Crippen LogP contribution >= 0.6 is 0 Å². The number of hydrogen-bond donors (Lipinski definition) is 1. The van der Waals surface area contributed by atoms with Gasteiger partial charge in [-0.1, -0.05) is 13.8 Å². The summed E-state index contributed by atoms with van der Waals surface area (Å²) in [6.07, 6.45) is 2.15. The number of aliphatic hydroxyl groups excluding tert-OH is 1. The third-order valence-electron chi connectivity index (χ3n) is 2.33. The van der Waals surface area contributed by atoms with Crippen molar-refractivity contribution in [3.8, 4) is 0 Å². The van der Waals surface area contributed by atoms with Gasteiger partial charge in [0.05, 0.1) is 0 Å². The summed E-state index contributed by atoms with van der Waals surface area (Å²) >= 11 is 0. The molecule has 2 heteroatoms. The van der Waals surface area contributed by atoms with Crippen molar-refractivity contribution in [2.75, 3.05) is 19.7 Å². The quantitative estimate of drug-likeness (QED) is 0.660. The first-order valence-electron chi connectivity index (χ1n) is 5.42. The van der Waals surface area contributed by atoms with Crippen molar-refractivity contribution in [2.24, 2.45) is 5.92 Å². The minimum Gasteiger partial charge on any atom is -0.396 e. The molecule has 0 rings (SSSR count). The summed E-state index contributed by atoms with van der Waals surface area (Å²) in [5.41, 5.74) is 0. The first kappa shape index (κ1) is 12.9. The zero-order chi connectivity index (χ0) is 10.3. The van der Waals surface area contributed by atoms with Crippen molar-refractivity contribution in [3.05, 3.63) is 0 Å². The number of hydrogen-bond acceptors (Lipinski definition) is 2. The van der Waals surface area contributed by atoms with E-state index in [1.165, 1.54) is 6.42 Å². The van der Waals surface area contributed by atoms with Gasteiger partial charge < -0.3 is 10.0 Å². The van der Waals surface area contributed by atoms with Crippen molar-refractivity contribution in [3.63, 3.8) is 0 Å². The van der Waals surface area contributed by atoms with E-state index in [1.54, 1.807) is 0 Å². The van der Waals surface area contributed by atoms with Crippen LogP contribution in [0.3, 0.4) is 0 Å². The standard InChI is InChI=1S/C11H25NO/c1-10(2)6-8-12(11(3)4)7-5-9-13/h10-11,13H,5-9H2,1-4H3. The Labute approximate surface area is 82.9 Å². The topological polar surface area (TPSA) is 23.5 Å². The fourth-order valence-electron chi connectivity index (χ4n) is 1.33. The summed E-state index contributed by atoms with van der Waals surface area (Å²) in [5.74, 6) is 0.773. The number of aliphatic hydroxyl groups is 1. The molecule has 2 nitrogen and oxygen atoms in total. The second-order valence-corrected chi connectivity index (χ2v) is 4.39. The second kappa shape index (κ2) is 7.34. The van der Waals surface area contributed by atoms with E-state index in [2.05, 4.69) is 32.6 Å². The first-order chi connectivity index (χ1) is 6.07. The highest BCUT2D eigenvalue weighted by atomic mass is 16.3. The molecule has 0 atom stereocenters. The molecule has 0 saturated heterocycles. The Morgan fingerprint density at radius 3 is 2.08 bits per heavy atom. The molecule has 0 radical (unpaired) electrons. The molecule has 0 unspecified atom stereocenters. The lowest BCUT2D eigenvalue weighted by molar-refractivity contribution is 0.184. The van der Waals surface area contributed by atoms with Crippen molar-refractivity contribution in [2.45, 2.75) is 46.6 Å². The lowest BCUT2D eigenvalue weighted by atomic mass is 10.1. The van der Waals surface area contributed by atoms with Gasteiger partial charge in [0.1, 0.15) is 0 Å². The minimum atomic E-state index is 0.310. The normalized spacial score (nSPS) is 12.0. The number of rotatable bonds is 7. The van der Waals surface area contributed by atoms with Crippen LogP contribution in [0.5, 0.6) is 0 Å².